The fourth-order valence-corrected chi connectivity index (χ4v) is 4.22. The van der Waals surface area contributed by atoms with Crippen molar-refractivity contribution in [1.29, 1.82) is 0 Å². The molecule has 3 aromatic rings. The van der Waals surface area contributed by atoms with E-state index in [1.807, 2.05) is 24.3 Å². The minimum absolute atomic E-state index is 0.0980. The van der Waals surface area contributed by atoms with Gasteiger partial charge in [0.1, 0.15) is 16.6 Å². The average molecular weight is 448 g/mol. The van der Waals surface area contributed by atoms with Crippen LogP contribution in [0.3, 0.4) is 0 Å². The van der Waals surface area contributed by atoms with Crippen LogP contribution in [0.1, 0.15) is 5.56 Å². The third kappa shape index (κ3) is 5.55. The number of carbonyl (C=O) groups excluding carboxylic acids is 1. The van der Waals surface area contributed by atoms with E-state index in [1.165, 1.54) is 24.3 Å². The maximum Gasteiger partial charge on any atom is 0.230 e. The number of hydrogen-bond acceptors (Lipinski definition) is 7. The Morgan fingerprint density at radius 2 is 1.87 bits per heavy atom. The summed E-state index contributed by atoms with van der Waals surface area (Å²) in [7, 11) is -2.38. The van der Waals surface area contributed by atoms with Crippen LogP contribution in [0.5, 0.6) is 5.75 Å². The second-order valence-electron chi connectivity index (χ2n) is 6.08. The summed E-state index contributed by atoms with van der Waals surface area (Å²) in [5.74, 6) is -0.0195. The molecule has 0 saturated carbocycles. The molecule has 3 rings (SSSR count). The molecular formula is C20H18FN3O4S2. The fourth-order valence-electron chi connectivity index (χ4n) is 2.42. The topological polar surface area (TPSA) is 98.2 Å². The molecule has 0 unspecified atom stereocenters. The largest absolute Gasteiger partial charge is 0.497 e. The Bertz CT molecular complexity index is 1120. The summed E-state index contributed by atoms with van der Waals surface area (Å²) in [6, 6.07) is 14.8. The highest BCUT2D eigenvalue weighted by Gasteiger charge is 2.20. The van der Waals surface area contributed by atoms with E-state index in [4.69, 9.17) is 4.74 Å². The third-order valence-corrected chi connectivity index (χ3v) is 6.56. The van der Waals surface area contributed by atoms with Crippen LogP contribution in [0, 0.1) is 5.82 Å². The zero-order valence-electron chi connectivity index (χ0n) is 15.9. The Labute approximate surface area is 177 Å². The molecule has 30 heavy (non-hydrogen) atoms. The Hall–Kier alpha value is -2.98. The van der Waals surface area contributed by atoms with E-state index in [0.29, 0.717) is 11.6 Å². The van der Waals surface area contributed by atoms with Crippen LogP contribution in [0.4, 0.5) is 4.39 Å². The number of methoxy groups -OCH3 is 1. The first-order chi connectivity index (χ1) is 14.4. The molecule has 156 valence electrons. The van der Waals surface area contributed by atoms with Crippen LogP contribution in [0.2, 0.25) is 0 Å². The predicted molar refractivity (Wildman–Crippen MR) is 109 cm³/mol. The first-order valence-electron chi connectivity index (χ1n) is 8.75. The lowest BCUT2D eigenvalue weighted by Crippen LogP contribution is -2.24. The van der Waals surface area contributed by atoms with E-state index in [-0.39, 0.29) is 21.6 Å². The van der Waals surface area contributed by atoms with Gasteiger partial charge in [0.05, 0.1) is 17.8 Å². The summed E-state index contributed by atoms with van der Waals surface area (Å²) in [4.78, 5) is 11.8. The number of aromatic nitrogens is 2. The van der Waals surface area contributed by atoms with Crippen LogP contribution in [-0.4, -0.2) is 37.4 Å². The molecule has 0 radical (unpaired) electrons. The zero-order valence-corrected chi connectivity index (χ0v) is 17.5. The summed E-state index contributed by atoms with van der Waals surface area (Å²) in [5.41, 5.74) is 0.931. The highest BCUT2D eigenvalue weighted by Crippen LogP contribution is 2.21. The van der Waals surface area contributed by atoms with Gasteiger partial charge in [0.25, 0.3) is 0 Å². The number of nitrogens with zero attached hydrogens (tertiary/aromatic N) is 2. The monoisotopic (exact) mass is 447 g/mol. The molecule has 0 aliphatic rings. The number of amides is 1. The predicted octanol–water partition coefficient (Wildman–Crippen LogP) is 2.87. The summed E-state index contributed by atoms with van der Waals surface area (Å²) in [6.07, 6.45) is 0. The number of benzene rings is 2. The number of nitrogens with one attached hydrogen (secondary N) is 1. The molecule has 1 heterocycles. The third-order valence-electron chi connectivity index (χ3n) is 4.00. The number of thioether (sulfide) groups is 1. The smallest absolute Gasteiger partial charge is 0.230 e. The summed E-state index contributed by atoms with van der Waals surface area (Å²) in [5, 5.41) is 10.5. The molecule has 7 nitrogen and oxygen atoms in total. The van der Waals surface area contributed by atoms with Crippen LogP contribution < -0.4 is 10.1 Å². The van der Waals surface area contributed by atoms with Crippen LogP contribution in [-0.2, 0) is 21.2 Å². The molecule has 2 aromatic carbocycles. The summed E-state index contributed by atoms with van der Waals surface area (Å²) < 4.78 is 43.3. The molecule has 0 fully saturated rings. The lowest BCUT2D eigenvalue weighted by atomic mass is 10.2. The maximum absolute atomic E-state index is 13.3. The van der Waals surface area contributed by atoms with Gasteiger partial charge < -0.3 is 10.1 Å². The Morgan fingerprint density at radius 3 is 2.50 bits per heavy atom. The van der Waals surface area contributed by atoms with Crippen molar-refractivity contribution in [2.75, 3.05) is 12.9 Å². The lowest BCUT2D eigenvalue weighted by molar-refractivity contribution is -0.118. The van der Waals surface area contributed by atoms with E-state index in [2.05, 4.69) is 15.5 Å². The lowest BCUT2D eigenvalue weighted by Gasteiger charge is -2.07. The number of hydrogen-bond donors (Lipinski definition) is 1. The molecular weight excluding hydrogens is 429 g/mol. The van der Waals surface area contributed by atoms with Crippen molar-refractivity contribution in [3.05, 3.63) is 72.0 Å². The van der Waals surface area contributed by atoms with E-state index in [1.54, 1.807) is 7.11 Å². The molecule has 0 saturated heterocycles. The second kappa shape index (κ2) is 9.68. The van der Waals surface area contributed by atoms with Crippen LogP contribution in [0.25, 0.3) is 0 Å². The molecule has 0 spiro atoms. The van der Waals surface area contributed by atoms with E-state index in [9.17, 15) is 17.6 Å². The van der Waals surface area contributed by atoms with Crippen molar-refractivity contribution in [2.24, 2.45) is 0 Å². The molecule has 1 aromatic heterocycles. The zero-order chi connectivity index (χ0) is 21.6. The number of halogens is 1. The molecule has 0 atom stereocenters. The van der Waals surface area contributed by atoms with Gasteiger partial charge in [-0.25, -0.2) is 12.8 Å². The highest BCUT2D eigenvalue weighted by atomic mass is 32.2. The van der Waals surface area contributed by atoms with Gasteiger partial charge >= 0.3 is 0 Å². The van der Waals surface area contributed by atoms with Gasteiger partial charge in [-0.15, -0.1) is 10.2 Å². The van der Waals surface area contributed by atoms with Crippen molar-refractivity contribution in [1.82, 2.24) is 15.5 Å². The Balaban J connectivity index is 1.54. The molecule has 1 N–H and O–H groups in total. The molecule has 0 aliphatic heterocycles. The summed E-state index contributed by atoms with van der Waals surface area (Å²) >= 11 is 1.13. The first kappa shape index (κ1) is 21.7. The number of sulfone groups is 1. The molecule has 0 bridgehead atoms. The van der Waals surface area contributed by atoms with Gasteiger partial charge in [-0.3, -0.25) is 4.79 Å². The van der Waals surface area contributed by atoms with Gasteiger partial charge in [0.2, 0.25) is 15.7 Å². The van der Waals surface area contributed by atoms with Crippen LogP contribution in [0.15, 0.2) is 75.6 Å². The minimum Gasteiger partial charge on any atom is -0.497 e. The van der Waals surface area contributed by atoms with Crippen molar-refractivity contribution < 1.29 is 22.3 Å². The molecule has 1 amide bonds. The van der Waals surface area contributed by atoms with Crippen molar-refractivity contribution >= 4 is 27.5 Å². The Kier molecular flexibility index (Phi) is 7.01. The Morgan fingerprint density at radius 1 is 1.10 bits per heavy atom. The van der Waals surface area contributed by atoms with E-state index < -0.39 is 15.7 Å². The normalized spacial score (nSPS) is 11.1. The van der Waals surface area contributed by atoms with Gasteiger partial charge in [-0.1, -0.05) is 30.0 Å². The van der Waals surface area contributed by atoms with Crippen molar-refractivity contribution in [3.8, 4) is 5.75 Å². The number of ether oxygens (including phenoxy) is 1. The van der Waals surface area contributed by atoms with Crippen molar-refractivity contribution in [2.45, 2.75) is 21.5 Å². The molecule has 10 heteroatoms. The number of carbonyl (C=O) groups is 1. The summed E-state index contributed by atoms with van der Waals surface area (Å²) in [6.45, 7) is 0.375. The SMILES string of the molecule is COc1ccc(CNC(=O)CSc2ccc(S(=O)(=O)c3cccc(F)c3)nn2)cc1. The van der Waals surface area contributed by atoms with Gasteiger partial charge in [0.15, 0.2) is 5.03 Å². The van der Waals surface area contributed by atoms with Gasteiger partial charge in [0, 0.05) is 6.54 Å². The van der Waals surface area contributed by atoms with Crippen molar-refractivity contribution in [3.63, 3.8) is 0 Å². The van der Waals surface area contributed by atoms with Gasteiger partial charge in [-0.05, 0) is 48.0 Å². The standard InChI is InChI=1S/C20H18FN3O4S2/c1-28-16-7-5-14(6-8-16)12-22-18(25)13-29-19-9-10-20(24-23-19)30(26,27)17-4-2-3-15(21)11-17/h2-11H,12-13H2,1H3,(H,22,25). The second-order valence-corrected chi connectivity index (χ2v) is 8.98. The maximum atomic E-state index is 13.3. The number of rotatable bonds is 8. The van der Waals surface area contributed by atoms with E-state index >= 15 is 0 Å². The quantitative estimate of drug-likeness (QED) is 0.530. The first-order valence-corrected chi connectivity index (χ1v) is 11.2. The fraction of sp³-hybridized carbons (Fsp3) is 0.150. The average Bonchev–Trinajstić information content (AvgIpc) is 2.77. The van der Waals surface area contributed by atoms with Crippen LogP contribution >= 0.6 is 11.8 Å². The minimum atomic E-state index is -3.96. The van der Waals surface area contributed by atoms with E-state index in [0.717, 1.165) is 35.2 Å². The van der Waals surface area contributed by atoms with Gasteiger partial charge in [-0.2, -0.15) is 0 Å². The highest BCUT2D eigenvalue weighted by molar-refractivity contribution is 7.99. The molecule has 0 aliphatic carbocycles.